The molecular formula is C18H27N3O3. The number of ether oxygens (including phenoxy) is 2. The van der Waals surface area contributed by atoms with Crippen LogP contribution in [0.4, 0.5) is 0 Å². The quantitative estimate of drug-likeness (QED) is 0.791. The molecule has 1 atom stereocenters. The zero-order valence-corrected chi connectivity index (χ0v) is 14.2. The Labute approximate surface area is 143 Å². The van der Waals surface area contributed by atoms with Crippen LogP contribution in [0.25, 0.3) is 0 Å². The fraction of sp³-hybridized carbons (Fsp3) is 0.667. The van der Waals surface area contributed by atoms with Crippen LogP contribution in [0.15, 0.2) is 24.5 Å². The van der Waals surface area contributed by atoms with Crippen LogP contribution in [-0.4, -0.2) is 72.7 Å². The van der Waals surface area contributed by atoms with Crippen LogP contribution < -0.4 is 4.74 Å². The highest BCUT2D eigenvalue weighted by Crippen LogP contribution is 2.21. The Hall–Kier alpha value is -1.66. The summed E-state index contributed by atoms with van der Waals surface area (Å²) in [7, 11) is 0. The molecule has 3 heterocycles. The molecular weight excluding hydrogens is 306 g/mol. The van der Waals surface area contributed by atoms with Gasteiger partial charge in [0.25, 0.3) is 5.91 Å². The number of morpholine rings is 1. The van der Waals surface area contributed by atoms with Gasteiger partial charge in [0.05, 0.1) is 19.4 Å². The first-order valence-corrected chi connectivity index (χ1v) is 8.95. The molecule has 0 N–H and O–H groups in total. The number of hydrogen-bond donors (Lipinski definition) is 0. The Morgan fingerprint density at radius 1 is 1.29 bits per heavy atom. The Kier molecular flexibility index (Phi) is 6.43. The molecule has 0 aliphatic carbocycles. The molecule has 0 spiro atoms. The van der Waals surface area contributed by atoms with E-state index >= 15 is 0 Å². The van der Waals surface area contributed by atoms with Gasteiger partial charge in [-0.15, -0.1) is 0 Å². The molecule has 0 bridgehead atoms. The second-order valence-corrected chi connectivity index (χ2v) is 6.46. The third kappa shape index (κ3) is 4.92. The predicted octanol–water partition coefficient (Wildman–Crippen LogP) is 1.56. The third-order valence-electron chi connectivity index (χ3n) is 4.83. The summed E-state index contributed by atoms with van der Waals surface area (Å²) in [6.07, 6.45) is 7.77. The molecule has 2 aliphatic heterocycles. The molecule has 2 fully saturated rings. The van der Waals surface area contributed by atoms with Crippen LogP contribution in [0.2, 0.25) is 0 Å². The molecule has 132 valence electrons. The van der Waals surface area contributed by atoms with E-state index in [1.165, 1.54) is 6.42 Å². The Bertz CT molecular complexity index is 505. The average molecular weight is 333 g/mol. The highest BCUT2D eigenvalue weighted by Gasteiger charge is 2.27. The standard InChI is InChI=1S/C18H27N3O3/c22-18(15-24-17-5-3-7-19-14-17)21-8-2-1-4-16(21)6-9-20-10-12-23-13-11-20/h3,5,7,14,16H,1-2,4,6,8-13,15H2/t16-/m0/s1. The lowest BCUT2D eigenvalue weighted by molar-refractivity contribution is -0.137. The van der Waals surface area contributed by atoms with Crippen LogP contribution in [0.5, 0.6) is 5.75 Å². The number of carbonyl (C=O) groups excluding carboxylic acids is 1. The van der Waals surface area contributed by atoms with Crippen molar-refractivity contribution in [1.82, 2.24) is 14.8 Å². The van der Waals surface area contributed by atoms with E-state index in [-0.39, 0.29) is 12.5 Å². The van der Waals surface area contributed by atoms with Crippen LogP contribution >= 0.6 is 0 Å². The van der Waals surface area contributed by atoms with E-state index in [0.717, 1.165) is 58.7 Å². The minimum atomic E-state index is 0.0885. The van der Waals surface area contributed by atoms with E-state index in [9.17, 15) is 4.79 Å². The van der Waals surface area contributed by atoms with Gasteiger partial charge in [0.2, 0.25) is 0 Å². The van der Waals surface area contributed by atoms with Gasteiger partial charge >= 0.3 is 0 Å². The van der Waals surface area contributed by atoms with Crippen LogP contribution in [0, 0.1) is 0 Å². The zero-order chi connectivity index (χ0) is 16.6. The van der Waals surface area contributed by atoms with Crippen molar-refractivity contribution in [2.75, 3.05) is 46.0 Å². The van der Waals surface area contributed by atoms with E-state index in [1.807, 2.05) is 17.0 Å². The van der Waals surface area contributed by atoms with E-state index in [1.54, 1.807) is 12.4 Å². The van der Waals surface area contributed by atoms with Gasteiger partial charge in [-0.2, -0.15) is 0 Å². The summed E-state index contributed by atoms with van der Waals surface area (Å²) in [4.78, 5) is 21.1. The normalized spacial score (nSPS) is 22.3. The summed E-state index contributed by atoms with van der Waals surface area (Å²) < 4.78 is 11.0. The van der Waals surface area contributed by atoms with Crippen molar-refractivity contribution in [2.24, 2.45) is 0 Å². The number of amides is 1. The minimum Gasteiger partial charge on any atom is -0.482 e. The zero-order valence-electron chi connectivity index (χ0n) is 14.2. The summed E-state index contributed by atoms with van der Waals surface area (Å²) in [5.41, 5.74) is 0. The number of hydrogen-bond acceptors (Lipinski definition) is 5. The Morgan fingerprint density at radius 2 is 2.17 bits per heavy atom. The number of aromatic nitrogens is 1. The molecule has 1 aromatic heterocycles. The summed E-state index contributed by atoms with van der Waals surface area (Å²) in [5.74, 6) is 0.734. The Balaban J connectivity index is 1.48. The average Bonchev–Trinajstić information content (AvgIpc) is 2.66. The Morgan fingerprint density at radius 3 is 2.96 bits per heavy atom. The number of likely N-dealkylation sites (tertiary alicyclic amines) is 1. The second-order valence-electron chi connectivity index (χ2n) is 6.46. The maximum Gasteiger partial charge on any atom is 0.260 e. The smallest absolute Gasteiger partial charge is 0.260 e. The van der Waals surface area contributed by atoms with Crippen molar-refractivity contribution in [3.05, 3.63) is 24.5 Å². The van der Waals surface area contributed by atoms with Crippen molar-refractivity contribution in [1.29, 1.82) is 0 Å². The molecule has 3 rings (SSSR count). The summed E-state index contributed by atoms with van der Waals surface area (Å²) >= 11 is 0. The van der Waals surface area contributed by atoms with E-state index < -0.39 is 0 Å². The van der Waals surface area contributed by atoms with Crippen molar-refractivity contribution >= 4 is 5.91 Å². The van der Waals surface area contributed by atoms with E-state index in [0.29, 0.717) is 11.8 Å². The number of pyridine rings is 1. The van der Waals surface area contributed by atoms with Crippen LogP contribution in [-0.2, 0) is 9.53 Å². The summed E-state index contributed by atoms with van der Waals surface area (Å²) in [5, 5.41) is 0. The summed E-state index contributed by atoms with van der Waals surface area (Å²) in [6, 6.07) is 3.98. The molecule has 2 aliphatic rings. The molecule has 1 aromatic rings. The van der Waals surface area contributed by atoms with Gasteiger partial charge in [-0.05, 0) is 37.8 Å². The monoisotopic (exact) mass is 333 g/mol. The number of piperidine rings is 1. The molecule has 0 radical (unpaired) electrons. The lowest BCUT2D eigenvalue weighted by atomic mass is 9.99. The highest BCUT2D eigenvalue weighted by atomic mass is 16.5. The van der Waals surface area contributed by atoms with Crippen molar-refractivity contribution in [3.63, 3.8) is 0 Å². The minimum absolute atomic E-state index is 0.0885. The maximum absolute atomic E-state index is 12.6. The van der Waals surface area contributed by atoms with E-state index in [2.05, 4.69) is 9.88 Å². The highest BCUT2D eigenvalue weighted by molar-refractivity contribution is 5.78. The third-order valence-corrected chi connectivity index (χ3v) is 4.83. The van der Waals surface area contributed by atoms with Gasteiger partial charge in [0.1, 0.15) is 5.75 Å². The number of carbonyl (C=O) groups is 1. The first-order valence-electron chi connectivity index (χ1n) is 8.95. The molecule has 0 aromatic carbocycles. The van der Waals surface area contributed by atoms with Gasteiger partial charge in [0.15, 0.2) is 6.61 Å². The molecule has 2 saturated heterocycles. The maximum atomic E-state index is 12.6. The van der Waals surface area contributed by atoms with Crippen LogP contribution in [0.3, 0.4) is 0 Å². The van der Waals surface area contributed by atoms with Crippen molar-refractivity contribution in [3.8, 4) is 5.75 Å². The summed E-state index contributed by atoms with van der Waals surface area (Å²) in [6.45, 7) is 5.65. The SMILES string of the molecule is O=C(COc1cccnc1)N1CCCC[C@H]1CCN1CCOCC1. The molecule has 0 unspecified atom stereocenters. The van der Waals surface area contributed by atoms with Crippen molar-refractivity contribution in [2.45, 2.75) is 31.7 Å². The lowest BCUT2D eigenvalue weighted by Gasteiger charge is -2.37. The number of nitrogens with zero attached hydrogens (tertiary/aromatic N) is 3. The fourth-order valence-corrected chi connectivity index (χ4v) is 3.45. The molecule has 24 heavy (non-hydrogen) atoms. The lowest BCUT2D eigenvalue weighted by Crippen LogP contribution is -2.47. The van der Waals surface area contributed by atoms with Gasteiger partial charge < -0.3 is 14.4 Å². The molecule has 6 nitrogen and oxygen atoms in total. The first kappa shape index (κ1) is 17.2. The largest absolute Gasteiger partial charge is 0.482 e. The predicted molar refractivity (Wildman–Crippen MR) is 91.0 cm³/mol. The topological polar surface area (TPSA) is 54.9 Å². The van der Waals surface area contributed by atoms with Crippen molar-refractivity contribution < 1.29 is 14.3 Å². The van der Waals surface area contributed by atoms with Gasteiger partial charge in [-0.1, -0.05) is 0 Å². The fourth-order valence-electron chi connectivity index (χ4n) is 3.45. The number of rotatable bonds is 6. The van der Waals surface area contributed by atoms with Crippen LogP contribution in [0.1, 0.15) is 25.7 Å². The van der Waals surface area contributed by atoms with E-state index in [4.69, 9.17) is 9.47 Å². The molecule has 1 amide bonds. The van der Waals surface area contributed by atoms with Gasteiger partial charge in [0, 0.05) is 38.4 Å². The molecule has 0 saturated carbocycles. The molecule has 6 heteroatoms. The van der Waals surface area contributed by atoms with Gasteiger partial charge in [-0.3, -0.25) is 14.7 Å². The van der Waals surface area contributed by atoms with Gasteiger partial charge in [-0.25, -0.2) is 0 Å². The second kappa shape index (κ2) is 8.99. The first-order chi connectivity index (χ1) is 11.8.